The van der Waals surface area contributed by atoms with Gasteiger partial charge in [0.1, 0.15) is 11.4 Å². The van der Waals surface area contributed by atoms with E-state index in [1.54, 1.807) is 20.8 Å². The lowest BCUT2D eigenvalue weighted by Crippen LogP contribution is -2.36. The van der Waals surface area contributed by atoms with Crippen LogP contribution in [-0.2, 0) is 15.9 Å². The molecule has 0 spiro atoms. The number of H-pyrrole nitrogens is 1. The topological polar surface area (TPSA) is 122 Å². The van der Waals surface area contributed by atoms with Gasteiger partial charge in [-0.3, -0.25) is 10.1 Å². The minimum atomic E-state index is -0.815. The molecule has 2 amide bonds. The van der Waals surface area contributed by atoms with E-state index in [0.29, 0.717) is 11.3 Å². The van der Waals surface area contributed by atoms with Crippen LogP contribution in [0.5, 0.6) is 0 Å². The monoisotopic (exact) mass is 482 g/mol. The normalized spacial score (nSPS) is 11.9. The quantitative estimate of drug-likeness (QED) is 0.473. The average molecular weight is 483 g/mol. The molecule has 1 atom stereocenters. The van der Waals surface area contributed by atoms with Gasteiger partial charge >= 0.3 is 12.2 Å². The Hall–Kier alpha value is -4.21. The van der Waals surface area contributed by atoms with E-state index in [0.717, 1.165) is 11.6 Å². The van der Waals surface area contributed by atoms with Gasteiger partial charge in [0.25, 0.3) is 5.56 Å². The Labute approximate surface area is 201 Å². The fourth-order valence-corrected chi connectivity index (χ4v) is 3.31. The first-order chi connectivity index (χ1) is 16.6. The van der Waals surface area contributed by atoms with E-state index in [9.17, 15) is 18.8 Å². The highest BCUT2D eigenvalue weighted by atomic mass is 19.1. The number of aromatic amines is 1. The molecule has 0 aliphatic carbocycles. The van der Waals surface area contributed by atoms with Crippen molar-refractivity contribution in [1.82, 2.24) is 15.5 Å². The number of benzene rings is 2. The number of methoxy groups -OCH3 is 1. The molecule has 0 aliphatic rings. The lowest BCUT2D eigenvalue weighted by atomic mass is 10.00. The van der Waals surface area contributed by atoms with E-state index in [1.807, 2.05) is 30.3 Å². The molecule has 10 heteroatoms. The highest BCUT2D eigenvalue weighted by Crippen LogP contribution is 2.24. The summed E-state index contributed by atoms with van der Waals surface area (Å²) in [5.41, 5.74) is 0.476. The molecule has 9 nitrogen and oxygen atoms in total. The van der Waals surface area contributed by atoms with Crippen LogP contribution in [0.4, 0.5) is 19.7 Å². The van der Waals surface area contributed by atoms with Gasteiger partial charge in [-0.1, -0.05) is 36.4 Å². The Balaban J connectivity index is 1.89. The van der Waals surface area contributed by atoms with Crippen molar-refractivity contribution in [3.63, 3.8) is 0 Å². The zero-order valence-corrected chi connectivity index (χ0v) is 19.8. The number of halogens is 1. The van der Waals surface area contributed by atoms with E-state index in [1.165, 1.54) is 25.3 Å². The Bertz CT molecular complexity index is 1250. The van der Waals surface area contributed by atoms with Gasteiger partial charge in [-0.25, -0.2) is 19.1 Å². The van der Waals surface area contributed by atoms with Crippen molar-refractivity contribution in [2.45, 2.75) is 38.8 Å². The number of anilines is 1. The fourth-order valence-electron chi connectivity index (χ4n) is 3.31. The van der Waals surface area contributed by atoms with E-state index in [4.69, 9.17) is 4.74 Å². The molecule has 3 N–H and O–H groups in total. The van der Waals surface area contributed by atoms with Crippen LogP contribution in [0.15, 0.2) is 59.4 Å². The zero-order chi connectivity index (χ0) is 25.6. The minimum Gasteiger partial charge on any atom is -0.453 e. The van der Waals surface area contributed by atoms with E-state index in [2.05, 4.69) is 25.6 Å². The maximum absolute atomic E-state index is 14.5. The molecule has 0 radical (unpaired) electrons. The summed E-state index contributed by atoms with van der Waals surface area (Å²) in [6.07, 6.45) is -1.17. The van der Waals surface area contributed by atoms with Crippen LogP contribution >= 0.6 is 0 Å². The Morgan fingerprint density at radius 2 is 1.80 bits per heavy atom. The molecular formula is C25H27FN4O5. The molecule has 2 aromatic carbocycles. The van der Waals surface area contributed by atoms with Crippen molar-refractivity contribution in [2.24, 2.45) is 0 Å². The molecule has 35 heavy (non-hydrogen) atoms. The Morgan fingerprint density at radius 3 is 2.43 bits per heavy atom. The second-order valence-electron chi connectivity index (χ2n) is 8.73. The maximum atomic E-state index is 14.5. The summed E-state index contributed by atoms with van der Waals surface area (Å²) in [6, 6.07) is 14.3. The third-order valence-corrected chi connectivity index (χ3v) is 4.87. The smallest absolute Gasteiger partial charge is 0.411 e. The van der Waals surface area contributed by atoms with E-state index >= 15 is 0 Å². The number of nitrogens with zero attached hydrogens (tertiary/aromatic N) is 1. The Kier molecular flexibility index (Phi) is 7.85. The third kappa shape index (κ3) is 7.13. The molecular weight excluding hydrogens is 455 g/mol. The summed E-state index contributed by atoms with van der Waals surface area (Å²) in [4.78, 5) is 36.3. The number of rotatable bonds is 6. The maximum Gasteiger partial charge on any atom is 0.411 e. The van der Waals surface area contributed by atoms with Gasteiger partial charge in [0.15, 0.2) is 0 Å². The predicted molar refractivity (Wildman–Crippen MR) is 129 cm³/mol. The number of hydrogen-bond acceptors (Lipinski definition) is 6. The first kappa shape index (κ1) is 25.4. The largest absolute Gasteiger partial charge is 0.453 e. The van der Waals surface area contributed by atoms with Crippen LogP contribution in [0.2, 0.25) is 0 Å². The molecule has 0 bridgehead atoms. The van der Waals surface area contributed by atoms with Crippen LogP contribution in [0.25, 0.3) is 11.1 Å². The zero-order valence-electron chi connectivity index (χ0n) is 19.8. The highest BCUT2D eigenvalue weighted by Gasteiger charge is 2.22. The summed E-state index contributed by atoms with van der Waals surface area (Å²) >= 11 is 0. The van der Waals surface area contributed by atoms with Gasteiger partial charge in [0.2, 0.25) is 0 Å². The lowest BCUT2D eigenvalue weighted by molar-refractivity contribution is 0.0503. The molecule has 1 heterocycles. The van der Waals surface area contributed by atoms with Crippen molar-refractivity contribution in [3.05, 3.63) is 82.0 Å². The molecule has 0 fully saturated rings. The summed E-state index contributed by atoms with van der Waals surface area (Å²) in [7, 11) is 1.17. The molecule has 0 saturated heterocycles. The van der Waals surface area contributed by atoms with Gasteiger partial charge in [0.05, 0.1) is 30.1 Å². The molecule has 0 unspecified atom stereocenters. The summed E-state index contributed by atoms with van der Waals surface area (Å²) in [6.45, 7) is 5.31. The number of hydrogen-bond donors (Lipinski definition) is 3. The lowest BCUT2D eigenvalue weighted by Gasteiger charge is -2.24. The molecule has 0 aliphatic heterocycles. The second kappa shape index (κ2) is 10.8. The second-order valence-corrected chi connectivity index (χ2v) is 8.73. The highest BCUT2D eigenvalue weighted by molar-refractivity contribution is 5.85. The number of aromatic nitrogens is 2. The number of carbonyl (C=O) groups excluding carboxylic acids is 2. The minimum absolute atomic E-state index is 0.0861. The van der Waals surface area contributed by atoms with Crippen molar-refractivity contribution in [2.75, 3.05) is 12.4 Å². The number of ether oxygens (including phenoxy) is 2. The average Bonchev–Trinajstić information content (AvgIpc) is 2.80. The summed E-state index contributed by atoms with van der Waals surface area (Å²) < 4.78 is 24.4. The van der Waals surface area contributed by atoms with Crippen LogP contribution in [0.3, 0.4) is 0 Å². The van der Waals surface area contributed by atoms with Crippen molar-refractivity contribution < 1.29 is 23.5 Å². The molecule has 1 aromatic heterocycles. The number of nitrogens with one attached hydrogen (secondary N) is 3. The molecule has 3 rings (SSSR count). The van der Waals surface area contributed by atoms with E-state index < -0.39 is 35.2 Å². The van der Waals surface area contributed by atoms with Crippen LogP contribution < -0.4 is 16.2 Å². The van der Waals surface area contributed by atoms with Crippen molar-refractivity contribution in [1.29, 1.82) is 0 Å². The van der Waals surface area contributed by atoms with Crippen LogP contribution in [-0.4, -0.2) is 35.1 Å². The third-order valence-electron chi connectivity index (χ3n) is 4.87. The predicted octanol–water partition coefficient (Wildman–Crippen LogP) is 4.56. The first-order valence-electron chi connectivity index (χ1n) is 10.8. The van der Waals surface area contributed by atoms with Crippen LogP contribution in [0.1, 0.15) is 38.1 Å². The number of alkyl carbamates (subject to hydrolysis) is 1. The van der Waals surface area contributed by atoms with E-state index in [-0.39, 0.29) is 17.7 Å². The molecule has 0 saturated carbocycles. The van der Waals surface area contributed by atoms with Gasteiger partial charge in [-0.15, -0.1) is 0 Å². The molecule has 184 valence electrons. The molecule has 3 aromatic rings. The summed E-state index contributed by atoms with van der Waals surface area (Å²) in [5, 5.41) is 11.6. The van der Waals surface area contributed by atoms with Gasteiger partial charge in [0, 0.05) is 6.42 Å². The fraction of sp³-hybridized carbons (Fsp3) is 0.280. The number of carbonyl (C=O) groups is 2. The SMILES string of the molecule is COC(=O)Nc1ccc(-c2cc(C[C@H](NC(=O)OC(C)(C)C)c3ccccc3)n[nH]c2=O)cc1F. The first-order valence-corrected chi connectivity index (χ1v) is 10.8. The Morgan fingerprint density at radius 1 is 1.09 bits per heavy atom. The number of amides is 2. The standard InChI is InChI=1S/C25H27FN4O5/c1-25(2,3)35-24(33)28-21(15-8-6-5-7-9-15)14-17-13-18(22(31)30-29-17)16-10-11-20(19(26)12-16)27-23(32)34-4/h5-13,21H,14H2,1-4H3,(H,27,32)(H,28,33)(H,30,31)/t21-/m0/s1. The van der Waals surface area contributed by atoms with Crippen molar-refractivity contribution in [3.8, 4) is 11.1 Å². The van der Waals surface area contributed by atoms with Gasteiger partial charge < -0.3 is 14.8 Å². The van der Waals surface area contributed by atoms with Crippen molar-refractivity contribution >= 4 is 17.9 Å². The van der Waals surface area contributed by atoms with Gasteiger partial charge in [-0.05, 0) is 50.1 Å². The summed E-state index contributed by atoms with van der Waals surface area (Å²) in [5.74, 6) is -0.737. The van der Waals surface area contributed by atoms with Gasteiger partial charge in [-0.2, -0.15) is 5.10 Å². The van der Waals surface area contributed by atoms with Crippen LogP contribution in [0, 0.1) is 5.82 Å².